The molecule has 0 bridgehead atoms. The number of aryl methyl sites for hydroxylation is 1. The molecular formula is C13H19. The molecule has 0 saturated heterocycles. The van der Waals surface area contributed by atoms with Gasteiger partial charge in [0.05, 0.1) is 0 Å². The molecule has 1 aromatic carbocycles. The molecule has 0 fully saturated rings. The third-order valence-corrected chi connectivity index (χ3v) is 2.25. The van der Waals surface area contributed by atoms with Crippen molar-refractivity contribution in [2.24, 2.45) is 0 Å². The first-order valence-corrected chi connectivity index (χ1v) is 5.05. The van der Waals surface area contributed by atoms with Crippen molar-refractivity contribution in [1.82, 2.24) is 0 Å². The fourth-order valence-corrected chi connectivity index (χ4v) is 1.63. The van der Waals surface area contributed by atoms with E-state index >= 15 is 0 Å². The highest BCUT2D eigenvalue weighted by Crippen LogP contribution is 2.25. The summed E-state index contributed by atoms with van der Waals surface area (Å²) in [4.78, 5) is 0. The highest BCUT2D eigenvalue weighted by Gasteiger charge is 2.16. The van der Waals surface area contributed by atoms with Crippen LogP contribution in [-0.4, -0.2) is 0 Å². The molecule has 0 aliphatic rings. The van der Waals surface area contributed by atoms with Crippen molar-refractivity contribution >= 4 is 0 Å². The first kappa shape index (κ1) is 10.3. The van der Waals surface area contributed by atoms with Crippen LogP contribution in [-0.2, 0) is 11.8 Å². The summed E-state index contributed by atoms with van der Waals surface area (Å²) in [6, 6.07) is 9.67. The molecule has 0 aromatic heterocycles. The van der Waals surface area contributed by atoms with Gasteiger partial charge in [-0.3, -0.25) is 0 Å². The Kier molecular flexibility index (Phi) is 3.13. The Morgan fingerprint density at radius 1 is 1.31 bits per heavy atom. The standard InChI is InChI=1S/C13H19/c1-5-8-11-9-6-7-10-12(11)13(2,3)4/h6-7,10H,5,8H2,1-4H3. The number of hydrogen-bond donors (Lipinski definition) is 0. The zero-order valence-corrected chi connectivity index (χ0v) is 9.15. The van der Waals surface area contributed by atoms with E-state index in [4.69, 9.17) is 0 Å². The number of hydrogen-bond acceptors (Lipinski definition) is 0. The van der Waals surface area contributed by atoms with Crippen molar-refractivity contribution in [3.8, 4) is 0 Å². The summed E-state index contributed by atoms with van der Waals surface area (Å²) in [6.07, 6.45) is 2.34. The molecule has 0 N–H and O–H groups in total. The fourth-order valence-electron chi connectivity index (χ4n) is 1.63. The average Bonchev–Trinajstić information content (AvgIpc) is 2.04. The van der Waals surface area contributed by atoms with E-state index in [0.29, 0.717) is 0 Å². The van der Waals surface area contributed by atoms with Crippen LogP contribution in [0.1, 0.15) is 45.2 Å². The first-order valence-electron chi connectivity index (χ1n) is 5.05. The summed E-state index contributed by atoms with van der Waals surface area (Å²) in [5.74, 6) is 0. The monoisotopic (exact) mass is 175 g/mol. The Morgan fingerprint density at radius 3 is 2.54 bits per heavy atom. The maximum Gasteiger partial charge on any atom is -0.0129 e. The highest BCUT2D eigenvalue weighted by molar-refractivity contribution is 5.31. The molecule has 1 rings (SSSR count). The Bertz CT molecular complexity index is 266. The lowest BCUT2D eigenvalue weighted by Gasteiger charge is -2.22. The van der Waals surface area contributed by atoms with Crippen LogP contribution in [0.5, 0.6) is 0 Å². The van der Waals surface area contributed by atoms with Gasteiger partial charge in [-0.1, -0.05) is 52.3 Å². The molecule has 0 spiro atoms. The fraction of sp³-hybridized carbons (Fsp3) is 0.538. The molecule has 0 atom stereocenters. The minimum absolute atomic E-state index is 0.252. The van der Waals surface area contributed by atoms with E-state index in [1.807, 2.05) is 6.07 Å². The van der Waals surface area contributed by atoms with E-state index in [0.717, 1.165) is 6.42 Å². The van der Waals surface area contributed by atoms with Gasteiger partial charge in [-0.2, -0.15) is 0 Å². The van der Waals surface area contributed by atoms with Crippen LogP contribution < -0.4 is 0 Å². The predicted molar refractivity (Wildman–Crippen MR) is 58.0 cm³/mol. The SMILES string of the molecule is CCCc1[c]cccc1C(C)(C)C. The lowest BCUT2D eigenvalue weighted by Crippen LogP contribution is -2.14. The predicted octanol–water partition coefficient (Wildman–Crippen LogP) is 3.74. The van der Waals surface area contributed by atoms with Crippen molar-refractivity contribution in [3.63, 3.8) is 0 Å². The van der Waals surface area contributed by atoms with E-state index in [1.165, 1.54) is 17.5 Å². The van der Waals surface area contributed by atoms with Gasteiger partial charge in [0.25, 0.3) is 0 Å². The van der Waals surface area contributed by atoms with E-state index in [9.17, 15) is 0 Å². The van der Waals surface area contributed by atoms with Crippen LogP contribution in [0.4, 0.5) is 0 Å². The smallest absolute Gasteiger partial charge is 0.0129 e. The van der Waals surface area contributed by atoms with Crippen molar-refractivity contribution in [3.05, 3.63) is 35.4 Å². The molecule has 1 aromatic rings. The van der Waals surface area contributed by atoms with Crippen molar-refractivity contribution in [2.75, 3.05) is 0 Å². The number of benzene rings is 1. The topological polar surface area (TPSA) is 0 Å². The van der Waals surface area contributed by atoms with E-state index < -0.39 is 0 Å². The minimum atomic E-state index is 0.252. The lowest BCUT2D eigenvalue weighted by molar-refractivity contribution is 0.581. The Labute approximate surface area is 82.0 Å². The van der Waals surface area contributed by atoms with Crippen LogP contribution in [0, 0.1) is 6.07 Å². The van der Waals surface area contributed by atoms with Gasteiger partial charge in [-0.05, 0) is 29.0 Å². The quantitative estimate of drug-likeness (QED) is 0.642. The molecule has 0 heterocycles. The van der Waals surface area contributed by atoms with E-state index in [-0.39, 0.29) is 5.41 Å². The van der Waals surface area contributed by atoms with E-state index in [2.05, 4.69) is 45.9 Å². The van der Waals surface area contributed by atoms with Crippen LogP contribution in [0.3, 0.4) is 0 Å². The molecule has 1 radical (unpaired) electrons. The second kappa shape index (κ2) is 3.95. The lowest BCUT2D eigenvalue weighted by atomic mass is 9.83. The molecule has 0 saturated carbocycles. The molecule has 0 heteroatoms. The Balaban J connectivity index is 3.05. The summed E-state index contributed by atoms with van der Waals surface area (Å²) in [7, 11) is 0. The molecule has 0 unspecified atom stereocenters. The van der Waals surface area contributed by atoms with Gasteiger partial charge >= 0.3 is 0 Å². The largest absolute Gasteiger partial charge is 0.0651 e. The van der Waals surface area contributed by atoms with Crippen molar-refractivity contribution < 1.29 is 0 Å². The second-order valence-electron chi connectivity index (χ2n) is 4.56. The molecule has 71 valence electrons. The summed E-state index contributed by atoms with van der Waals surface area (Å²) in [6.45, 7) is 8.99. The molecule has 0 aliphatic heterocycles. The molecule has 0 aliphatic carbocycles. The molecule has 13 heavy (non-hydrogen) atoms. The minimum Gasteiger partial charge on any atom is -0.0651 e. The molecule has 0 amide bonds. The zero-order chi connectivity index (χ0) is 9.90. The van der Waals surface area contributed by atoms with Gasteiger partial charge in [0.1, 0.15) is 0 Å². The van der Waals surface area contributed by atoms with Gasteiger partial charge in [0.2, 0.25) is 0 Å². The Hall–Kier alpha value is -0.780. The van der Waals surface area contributed by atoms with E-state index in [1.54, 1.807) is 0 Å². The second-order valence-corrected chi connectivity index (χ2v) is 4.56. The average molecular weight is 175 g/mol. The molecular weight excluding hydrogens is 156 g/mol. The van der Waals surface area contributed by atoms with Gasteiger partial charge in [-0.15, -0.1) is 0 Å². The van der Waals surface area contributed by atoms with Crippen LogP contribution in [0.2, 0.25) is 0 Å². The summed E-state index contributed by atoms with van der Waals surface area (Å²) >= 11 is 0. The molecule has 0 nitrogen and oxygen atoms in total. The zero-order valence-electron chi connectivity index (χ0n) is 9.15. The van der Waals surface area contributed by atoms with Crippen LogP contribution in [0.15, 0.2) is 18.2 Å². The van der Waals surface area contributed by atoms with Gasteiger partial charge < -0.3 is 0 Å². The van der Waals surface area contributed by atoms with Gasteiger partial charge in [-0.25, -0.2) is 0 Å². The maximum atomic E-state index is 3.34. The Morgan fingerprint density at radius 2 is 2.00 bits per heavy atom. The number of rotatable bonds is 2. The first-order chi connectivity index (χ1) is 6.05. The highest BCUT2D eigenvalue weighted by atomic mass is 14.2. The van der Waals surface area contributed by atoms with Crippen LogP contribution in [0.25, 0.3) is 0 Å². The van der Waals surface area contributed by atoms with Crippen molar-refractivity contribution in [2.45, 2.75) is 46.0 Å². The summed E-state index contributed by atoms with van der Waals surface area (Å²) in [5, 5.41) is 0. The summed E-state index contributed by atoms with van der Waals surface area (Å²) in [5.41, 5.74) is 3.08. The third-order valence-electron chi connectivity index (χ3n) is 2.25. The van der Waals surface area contributed by atoms with Gasteiger partial charge in [0, 0.05) is 0 Å². The maximum absolute atomic E-state index is 3.34. The normalized spacial score (nSPS) is 11.7. The summed E-state index contributed by atoms with van der Waals surface area (Å²) < 4.78 is 0. The van der Waals surface area contributed by atoms with Gasteiger partial charge in [0.15, 0.2) is 0 Å². The van der Waals surface area contributed by atoms with Crippen LogP contribution >= 0.6 is 0 Å². The third kappa shape index (κ3) is 2.58. The van der Waals surface area contributed by atoms with Crippen molar-refractivity contribution in [1.29, 1.82) is 0 Å².